The van der Waals surface area contributed by atoms with Crippen LogP contribution in [0.2, 0.25) is 15.1 Å². The van der Waals surface area contributed by atoms with Crippen LogP contribution in [-0.2, 0) is 0 Å². The highest BCUT2D eigenvalue weighted by atomic mass is 127. The van der Waals surface area contributed by atoms with Crippen molar-refractivity contribution in [1.29, 1.82) is 0 Å². The molecular weight excluding hydrogens is 409 g/mol. The van der Waals surface area contributed by atoms with E-state index in [9.17, 15) is 0 Å². The molecule has 0 spiro atoms. The van der Waals surface area contributed by atoms with Crippen LogP contribution >= 0.6 is 57.4 Å². The van der Waals surface area contributed by atoms with Crippen LogP contribution in [0.15, 0.2) is 36.4 Å². The normalized spacial score (nSPS) is 9.56. The SMILES string of the molecule is Oc1cc(Cl)c(Cl)c(Cl)c1.Oc1ccccc1I. The third kappa shape index (κ3) is 4.72. The summed E-state index contributed by atoms with van der Waals surface area (Å²) in [5, 5.41) is 18.6. The fraction of sp³-hybridized carbons (Fsp3) is 0. The molecular formula is C12H8Cl3IO2. The fourth-order valence-corrected chi connectivity index (χ4v) is 1.97. The molecule has 0 amide bonds. The van der Waals surface area contributed by atoms with Gasteiger partial charge in [-0.3, -0.25) is 0 Å². The molecule has 0 radical (unpaired) electrons. The summed E-state index contributed by atoms with van der Waals surface area (Å²) < 4.78 is 0.894. The summed E-state index contributed by atoms with van der Waals surface area (Å²) in [6.07, 6.45) is 0. The molecule has 2 nitrogen and oxygen atoms in total. The van der Waals surface area contributed by atoms with Crippen molar-refractivity contribution in [1.82, 2.24) is 0 Å². The number of rotatable bonds is 0. The van der Waals surface area contributed by atoms with E-state index in [1.807, 2.05) is 12.1 Å². The van der Waals surface area contributed by atoms with Gasteiger partial charge in [0.15, 0.2) is 0 Å². The van der Waals surface area contributed by atoms with Gasteiger partial charge in [-0.25, -0.2) is 0 Å². The topological polar surface area (TPSA) is 40.5 Å². The molecule has 2 rings (SSSR count). The van der Waals surface area contributed by atoms with Crippen molar-refractivity contribution >= 4 is 57.4 Å². The van der Waals surface area contributed by atoms with E-state index in [4.69, 9.17) is 45.0 Å². The average Bonchev–Trinajstić information content (AvgIpc) is 2.31. The molecule has 18 heavy (non-hydrogen) atoms. The van der Waals surface area contributed by atoms with Gasteiger partial charge in [-0.05, 0) is 34.7 Å². The van der Waals surface area contributed by atoms with Gasteiger partial charge in [0.25, 0.3) is 0 Å². The van der Waals surface area contributed by atoms with E-state index in [0.29, 0.717) is 5.75 Å². The van der Waals surface area contributed by atoms with Crippen molar-refractivity contribution in [2.24, 2.45) is 0 Å². The molecule has 0 fully saturated rings. The second kappa shape index (κ2) is 7.28. The Balaban J connectivity index is 0.000000184. The van der Waals surface area contributed by atoms with Crippen LogP contribution in [0.3, 0.4) is 0 Å². The molecule has 2 aromatic carbocycles. The van der Waals surface area contributed by atoms with Crippen molar-refractivity contribution in [3.8, 4) is 11.5 Å². The Kier molecular flexibility index (Phi) is 6.35. The number of benzene rings is 2. The van der Waals surface area contributed by atoms with Crippen LogP contribution in [0.1, 0.15) is 0 Å². The average molecular weight is 417 g/mol. The van der Waals surface area contributed by atoms with E-state index in [1.54, 1.807) is 12.1 Å². The third-order valence-electron chi connectivity index (χ3n) is 1.82. The fourth-order valence-electron chi connectivity index (χ4n) is 0.994. The Bertz CT molecular complexity index is 503. The Labute approximate surface area is 133 Å². The van der Waals surface area contributed by atoms with Crippen LogP contribution in [0.25, 0.3) is 0 Å². The van der Waals surface area contributed by atoms with Crippen LogP contribution in [0.5, 0.6) is 11.5 Å². The van der Waals surface area contributed by atoms with E-state index < -0.39 is 0 Å². The van der Waals surface area contributed by atoms with Crippen LogP contribution in [-0.4, -0.2) is 10.2 Å². The highest BCUT2D eigenvalue weighted by Gasteiger charge is 2.03. The smallest absolute Gasteiger partial charge is 0.128 e. The maximum atomic E-state index is 8.91. The van der Waals surface area contributed by atoms with E-state index in [0.717, 1.165) is 3.57 Å². The first kappa shape index (κ1) is 15.7. The van der Waals surface area contributed by atoms with Crippen LogP contribution < -0.4 is 0 Å². The van der Waals surface area contributed by atoms with Gasteiger partial charge in [-0.15, -0.1) is 0 Å². The molecule has 0 atom stereocenters. The zero-order valence-corrected chi connectivity index (χ0v) is 13.3. The lowest BCUT2D eigenvalue weighted by molar-refractivity contribution is 0.471. The summed E-state index contributed by atoms with van der Waals surface area (Å²) in [5.74, 6) is 0.368. The highest BCUT2D eigenvalue weighted by Crippen LogP contribution is 2.33. The molecule has 0 aliphatic carbocycles. The lowest BCUT2D eigenvalue weighted by atomic mass is 10.3. The maximum absolute atomic E-state index is 8.91. The number of para-hydroxylation sites is 1. The predicted molar refractivity (Wildman–Crippen MR) is 84.0 cm³/mol. The zero-order valence-electron chi connectivity index (χ0n) is 8.87. The van der Waals surface area contributed by atoms with Crippen molar-refractivity contribution in [2.45, 2.75) is 0 Å². The van der Waals surface area contributed by atoms with E-state index in [-0.39, 0.29) is 20.8 Å². The van der Waals surface area contributed by atoms with Gasteiger partial charge in [0.05, 0.1) is 18.6 Å². The number of hydrogen-bond acceptors (Lipinski definition) is 2. The van der Waals surface area contributed by atoms with Crippen molar-refractivity contribution in [3.63, 3.8) is 0 Å². The Hall–Kier alpha value is -0.360. The van der Waals surface area contributed by atoms with E-state index in [1.165, 1.54) is 12.1 Å². The van der Waals surface area contributed by atoms with E-state index >= 15 is 0 Å². The van der Waals surface area contributed by atoms with Crippen LogP contribution in [0.4, 0.5) is 0 Å². The molecule has 0 aromatic heterocycles. The summed E-state index contributed by atoms with van der Waals surface area (Å²) in [4.78, 5) is 0. The van der Waals surface area contributed by atoms with Crippen molar-refractivity contribution < 1.29 is 10.2 Å². The molecule has 0 aliphatic heterocycles. The van der Waals surface area contributed by atoms with Gasteiger partial charge in [0.1, 0.15) is 11.5 Å². The van der Waals surface area contributed by atoms with Gasteiger partial charge >= 0.3 is 0 Å². The van der Waals surface area contributed by atoms with Crippen molar-refractivity contribution in [2.75, 3.05) is 0 Å². The molecule has 0 bridgehead atoms. The lowest BCUT2D eigenvalue weighted by Crippen LogP contribution is -1.71. The zero-order chi connectivity index (χ0) is 13.7. The highest BCUT2D eigenvalue weighted by molar-refractivity contribution is 14.1. The maximum Gasteiger partial charge on any atom is 0.128 e. The first-order valence-electron chi connectivity index (χ1n) is 4.69. The number of hydrogen-bond donors (Lipinski definition) is 2. The molecule has 2 N–H and O–H groups in total. The van der Waals surface area contributed by atoms with Gasteiger partial charge in [-0.1, -0.05) is 46.9 Å². The lowest BCUT2D eigenvalue weighted by Gasteiger charge is -1.98. The van der Waals surface area contributed by atoms with Crippen molar-refractivity contribution in [3.05, 3.63) is 55.0 Å². The standard InChI is InChI=1S/C6H3Cl3O.C6H5IO/c7-4-1-3(10)2-5(8)6(4)9;7-5-3-1-2-4-6(5)8/h1-2,10H;1-4,8H. The van der Waals surface area contributed by atoms with E-state index in [2.05, 4.69) is 22.6 Å². The molecule has 0 unspecified atom stereocenters. The summed E-state index contributed by atoms with van der Waals surface area (Å²) in [5.41, 5.74) is 0. The van der Waals surface area contributed by atoms with Gasteiger partial charge in [0, 0.05) is 12.1 Å². The Morgan fingerprint density at radius 3 is 1.78 bits per heavy atom. The summed E-state index contributed by atoms with van der Waals surface area (Å²) in [6.45, 7) is 0. The second-order valence-corrected chi connectivity index (χ2v) is 5.53. The quantitative estimate of drug-likeness (QED) is 0.448. The number of aromatic hydroxyl groups is 2. The van der Waals surface area contributed by atoms with Gasteiger partial charge < -0.3 is 10.2 Å². The summed E-state index contributed by atoms with van der Waals surface area (Å²) >= 11 is 18.7. The molecule has 0 heterocycles. The third-order valence-corrected chi connectivity index (χ3v) is 3.93. The van der Waals surface area contributed by atoms with Gasteiger partial charge in [0.2, 0.25) is 0 Å². The summed E-state index contributed by atoms with van der Waals surface area (Å²) in [7, 11) is 0. The predicted octanol–water partition coefficient (Wildman–Crippen LogP) is 5.35. The molecule has 0 saturated carbocycles. The van der Waals surface area contributed by atoms with Gasteiger partial charge in [-0.2, -0.15) is 0 Å². The number of phenolic OH excluding ortho intramolecular Hbond substituents is 2. The minimum atomic E-state index is 0.0133. The molecule has 0 saturated heterocycles. The molecule has 2 aromatic rings. The molecule has 96 valence electrons. The minimum absolute atomic E-state index is 0.0133. The monoisotopic (exact) mass is 416 g/mol. The summed E-state index contributed by atoms with van der Waals surface area (Å²) in [6, 6.07) is 9.88. The van der Waals surface area contributed by atoms with Crippen LogP contribution in [0, 0.1) is 3.57 Å². The largest absolute Gasteiger partial charge is 0.508 e. The first-order valence-corrected chi connectivity index (χ1v) is 6.90. The number of phenols is 2. The second-order valence-electron chi connectivity index (χ2n) is 3.17. The molecule has 0 aliphatic rings. The minimum Gasteiger partial charge on any atom is -0.508 e. The molecule has 6 heteroatoms. The number of halogens is 4. The first-order chi connectivity index (χ1) is 8.41. The Morgan fingerprint density at radius 1 is 0.889 bits per heavy atom. The Morgan fingerprint density at radius 2 is 1.39 bits per heavy atom.